The molecule has 3 rings (SSSR count). The fraction of sp³-hybridized carbons (Fsp3) is 0.652. The molecular weight excluding hydrogens is 391 g/mol. The van der Waals surface area contributed by atoms with E-state index in [1.165, 1.54) is 18.6 Å². The first kappa shape index (κ1) is 22.1. The van der Waals surface area contributed by atoms with E-state index in [1.54, 1.807) is 17.0 Å². The highest BCUT2D eigenvalue weighted by Crippen LogP contribution is 2.34. The number of benzene rings is 1. The second kappa shape index (κ2) is 9.92. The van der Waals surface area contributed by atoms with E-state index in [1.807, 2.05) is 0 Å². The van der Waals surface area contributed by atoms with Gasteiger partial charge in [0.15, 0.2) is 0 Å². The van der Waals surface area contributed by atoms with Gasteiger partial charge in [0.1, 0.15) is 17.7 Å². The van der Waals surface area contributed by atoms with E-state index in [9.17, 15) is 14.0 Å². The van der Waals surface area contributed by atoms with Crippen LogP contribution in [0.4, 0.5) is 4.39 Å². The molecule has 1 aromatic rings. The van der Waals surface area contributed by atoms with Crippen LogP contribution in [0.2, 0.25) is 0 Å². The van der Waals surface area contributed by atoms with Crippen molar-refractivity contribution in [2.24, 2.45) is 11.8 Å². The number of alkyl halides is 1. The topological polar surface area (TPSA) is 49.4 Å². The van der Waals surface area contributed by atoms with Gasteiger partial charge in [0.05, 0.1) is 0 Å². The molecule has 2 amide bonds. The highest BCUT2D eigenvalue weighted by atomic mass is 35.5. The number of carbonyl (C=O) groups excluding carboxylic acids is 2. The average Bonchev–Trinajstić information content (AvgIpc) is 3.24. The number of carbonyl (C=O) groups is 2. The Hall–Kier alpha value is -1.62. The third-order valence-corrected chi connectivity index (χ3v) is 7.10. The Balaban J connectivity index is 1.91. The van der Waals surface area contributed by atoms with Crippen molar-refractivity contribution < 1.29 is 14.0 Å². The molecule has 2 fully saturated rings. The SMILES string of the molecule is C[C@@H]1[C@H](C)CCC[C@@H]1NC(=O)[C@@H](c1ccc(F)cc1)N(C(=O)CCl)C1CCCC1. The Labute approximate surface area is 178 Å². The van der Waals surface area contributed by atoms with Gasteiger partial charge in [-0.2, -0.15) is 0 Å². The van der Waals surface area contributed by atoms with Gasteiger partial charge in [0.25, 0.3) is 0 Å². The Morgan fingerprint density at radius 1 is 1.10 bits per heavy atom. The molecular formula is C23H32ClFN2O2. The maximum absolute atomic E-state index is 13.5. The number of nitrogens with one attached hydrogen (secondary N) is 1. The van der Waals surface area contributed by atoms with Gasteiger partial charge in [-0.25, -0.2) is 4.39 Å². The molecule has 4 nitrogen and oxygen atoms in total. The van der Waals surface area contributed by atoms with Crippen molar-refractivity contribution in [2.45, 2.75) is 76.9 Å². The largest absolute Gasteiger partial charge is 0.351 e. The van der Waals surface area contributed by atoms with Crippen LogP contribution < -0.4 is 5.32 Å². The van der Waals surface area contributed by atoms with Gasteiger partial charge < -0.3 is 10.2 Å². The van der Waals surface area contributed by atoms with E-state index >= 15 is 0 Å². The van der Waals surface area contributed by atoms with Crippen LogP contribution in [0.1, 0.15) is 70.4 Å². The summed E-state index contributed by atoms with van der Waals surface area (Å²) in [4.78, 5) is 28.0. The first-order chi connectivity index (χ1) is 13.9. The molecule has 1 N–H and O–H groups in total. The Kier molecular flexibility index (Phi) is 7.55. The summed E-state index contributed by atoms with van der Waals surface area (Å²) < 4.78 is 13.5. The lowest BCUT2D eigenvalue weighted by atomic mass is 9.78. The minimum absolute atomic E-state index is 0.00949. The standard InChI is InChI=1S/C23H32ClFN2O2/c1-15-6-5-9-20(16(15)2)26-23(29)22(17-10-12-18(25)13-11-17)27(21(28)14-24)19-7-3-4-8-19/h10-13,15-16,19-20,22H,3-9,14H2,1-2H3,(H,26,29)/t15-,16-,20+,22-/m1/s1. The molecule has 160 valence electrons. The van der Waals surface area contributed by atoms with E-state index < -0.39 is 6.04 Å². The van der Waals surface area contributed by atoms with Gasteiger partial charge in [0, 0.05) is 12.1 Å². The summed E-state index contributed by atoms with van der Waals surface area (Å²) in [6.45, 7) is 4.41. The van der Waals surface area contributed by atoms with Crippen LogP contribution in [0.5, 0.6) is 0 Å². The lowest BCUT2D eigenvalue weighted by Crippen LogP contribution is -2.52. The normalized spacial score (nSPS) is 26.1. The summed E-state index contributed by atoms with van der Waals surface area (Å²) in [6, 6.07) is 5.20. The lowest BCUT2D eigenvalue weighted by molar-refractivity contribution is -0.142. The lowest BCUT2D eigenvalue weighted by Gasteiger charge is -2.39. The fourth-order valence-electron chi connectivity index (χ4n) is 4.94. The van der Waals surface area contributed by atoms with Crippen molar-refractivity contribution in [3.05, 3.63) is 35.6 Å². The zero-order valence-corrected chi connectivity index (χ0v) is 18.1. The Morgan fingerprint density at radius 2 is 1.76 bits per heavy atom. The molecule has 1 aromatic carbocycles. The van der Waals surface area contributed by atoms with Crippen molar-refractivity contribution in [3.8, 4) is 0 Å². The number of rotatable bonds is 6. The molecule has 2 aliphatic rings. The maximum atomic E-state index is 13.5. The summed E-state index contributed by atoms with van der Waals surface area (Å²) in [5.74, 6) is -0.0306. The van der Waals surface area contributed by atoms with Gasteiger partial charge in [-0.05, 0) is 48.8 Å². The van der Waals surface area contributed by atoms with E-state index in [-0.39, 0.29) is 35.6 Å². The van der Waals surface area contributed by atoms with Gasteiger partial charge in [-0.15, -0.1) is 11.6 Å². The third kappa shape index (κ3) is 5.11. The zero-order chi connectivity index (χ0) is 21.0. The van der Waals surface area contributed by atoms with Crippen LogP contribution in [-0.4, -0.2) is 34.7 Å². The molecule has 4 atom stereocenters. The van der Waals surface area contributed by atoms with Crippen molar-refractivity contribution in [1.29, 1.82) is 0 Å². The molecule has 0 bridgehead atoms. The molecule has 0 radical (unpaired) electrons. The third-order valence-electron chi connectivity index (χ3n) is 6.87. The maximum Gasteiger partial charge on any atom is 0.247 e. The highest BCUT2D eigenvalue weighted by Gasteiger charge is 2.39. The molecule has 0 unspecified atom stereocenters. The predicted molar refractivity (Wildman–Crippen MR) is 113 cm³/mol. The monoisotopic (exact) mass is 422 g/mol. The van der Waals surface area contributed by atoms with Crippen LogP contribution in [0, 0.1) is 17.7 Å². The molecule has 0 heterocycles. The van der Waals surface area contributed by atoms with Crippen molar-refractivity contribution in [2.75, 3.05) is 5.88 Å². The van der Waals surface area contributed by atoms with Crippen molar-refractivity contribution >= 4 is 23.4 Å². The summed E-state index contributed by atoms with van der Waals surface area (Å²) in [7, 11) is 0. The van der Waals surface area contributed by atoms with Crippen LogP contribution in [0.15, 0.2) is 24.3 Å². The first-order valence-electron chi connectivity index (χ1n) is 10.8. The highest BCUT2D eigenvalue weighted by molar-refractivity contribution is 6.27. The van der Waals surface area contributed by atoms with E-state index in [4.69, 9.17) is 11.6 Å². The smallest absolute Gasteiger partial charge is 0.247 e. The molecule has 29 heavy (non-hydrogen) atoms. The molecule has 2 saturated carbocycles. The van der Waals surface area contributed by atoms with Gasteiger partial charge >= 0.3 is 0 Å². The minimum atomic E-state index is -0.783. The van der Waals surface area contributed by atoms with E-state index in [0.717, 1.165) is 38.5 Å². The molecule has 0 spiro atoms. The first-order valence-corrected chi connectivity index (χ1v) is 11.4. The summed E-state index contributed by atoms with van der Waals surface area (Å²) in [5.41, 5.74) is 0.630. The molecule has 2 aliphatic carbocycles. The average molecular weight is 423 g/mol. The fourth-order valence-corrected chi connectivity index (χ4v) is 5.08. The van der Waals surface area contributed by atoms with Gasteiger partial charge in [-0.1, -0.05) is 51.7 Å². The molecule has 0 saturated heterocycles. The van der Waals surface area contributed by atoms with E-state index in [2.05, 4.69) is 19.2 Å². The van der Waals surface area contributed by atoms with Crippen LogP contribution in [0.25, 0.3) is 0 Å². The number of nitrogens with zero attached hydrogens (tertiary/aromatic N) is 1. The molecule has 0 aromatic heterocycles. The van der Waals surface area contributed by atoms with Crippen LogP contribution in [-0.2, 0) is 9.59 Å². The summed E-state index contributed by atoms with van der Waals surface area (Å²) >= 11 is 5.94. The molecule has 0 aliphatic heterocycles. The predicted octanol–water partition coefficient (Wildman–Crippen LogP) is 4.82. The second-order valence-electron chi connectivity index (χ2n) is 8.71. The zero-order valence-electron chi connectivity index (χ0n) is 17.4. The van der Waals surface area contributed by atoms with Gasteiger partial charge in [0.2, 0.25) is 11.8 Å². The summed E-state index contributed by atoms with van der Waals surface area (Å²) in [5, 5.41) is 3.23. The second-order valence-corrected chi connectivity index (χ2v) is 8.98. The quantitative estimate of drug-likeness (QED) is 0.668. The van der Waals surface area contributed by atoms with Gasteiger partial charge in [-0.3, -0.25) is 9.59 Å². The Morgan fingerprint density at radius 3 is 2.38 bits per heavy atom. The number of amides is 2. The molecule has 6 heteroatoms. The number of hydrogen-bond acceptors (Lipinski definition) is 2. The minimum Gasteiger partial charge on any atom is -0.351 e. The Bertz CT molecular complexity index is 705. The van der Waals surface area contributed by atoms with Crippen LogP contribution in [0.3, 0.4) is 0 Å². The van der Waals surface area contributed by atoms with Crippen molar-refractivity contribution in [1.82, 2.24) is 10.2 Å². The van der Waals surface area contributed by atoms with Crippen molar-refractivity contribution in [3.63, 3.8) is 0 Å². The van der Waals surface area contributed by atoms with Crippen LogP contribution >= 0.6 is 11.6 Å². The number of hydrogen-bond donors (Lipinski definition) is 1. The summed E-state index contributed by atoms with van der Waals surface area (Å²) in [6.07, 6.45) is 7.00. The van der Waals surface area contributed by atoms with E-state index in [0.29, 0.717) is 17.4 Å². The number of halogens is 2.